The summed E-state index contributed by atoms with van der Waals surface area (Å²) in [6.45, 7) is 0. The molecule has 2 N–H and O–H groups in total. The molecular formula is C10H15NO4. The molecule has 1 rings (SSSR count). The number of methoxy groups -OCH3 is 1. The van der Waals surface area contributed by atoms with E-state index in [1.165, 1.54) is 0 Å². The molecule has 0 heterocycles. The molecule has 1 aliphatic rings. The number of carbonyl (C=O) groups excluding carboxylic acids is 1. The molecule has 0 radical (unpaired) electrons. The lowest BCUT2D eigenvalue weighted by Gasteiger charge is -2.10. The summed E-state index contributed by atoms with van der Waals surface area (Å²) in [5.74, 6) is -1.48. The number of hydrogen-bond donors (Lipinski definition) is 2. The van der Waals surface area contributed by atoms with Crippen molar-refractivity contribution in [3.8, 4) is 0 Å². The van der Waals surface area contributed by atoms with Crippen molar-refractivity contribution in [2.75, 3.05) is 7.11 Å². The van der Waals surface area contributed by atoms with E-state index in [9.17, 15) is 9.59 Å². The van der Waals surface area contributed by atoms with Crippen molar-refractivity contribution in [3.05, 3.63) is 12.2 Å². The number of nitrogens with one attached hydrogen (secondary N) is 1. The SMILES string of the molecule is COC1CCC(NC(=O)/C=C/C(=O)O)C1. The number of hydrogen-bond acceptors (Lipinski definition) is 3. The van der Waals surface area contributed by atoms with Crippen LogP contribution in [0.2, 0.25) is 0 Å². The normalized spacial score (nSPS) is 25.7. The van der Waals surface area contributed by atoms with Crippen molar-refractivity contribution in [2.45, 2.75) is 31.4 Å². The third kappa shape index (κ3) is 4.12. The van der Waals surface area contributed by atoms with Crippen molar-refractivity contribution in [2.24, 2.45) is 0 Å². The molecule has 0 spiro atoms. The highest BCUT2D eigenvalue weighted by molar-refractivity contribution is 5.93. The summed E-state index contributed by atoms with van der Waals surface area (Å²) >= 11 is 0. The number of amides is 1. The van der Waals surface area contributed by atoms with Crippen molar-refractivity contribution in [1.29, 1.82) is 0 Å². The maximum absolute atomic E-state index is 11.2. The maximum Gasteiger partial charge on any atom is 0.328 e. The number of rotatable bonds is 4. The molecule has 0 bridgehead atoms. The van der Waals surface area contributed by atoms with Gasteiger partial charge in [0, 0.05) is 25.3 Å². The van der Waals surface area contributed by atoms with E-state index in [4.69, 9.17) is 9.84 Å². The highest BCUT2D eigenvalue weighted by Gasteiger charge is 2.24. The molecule has 5 nitrogen and oxygen atoms in total. The smallest absolute Gasteiger partial charge is 0.328 e. The van der Waals surface area contributed by atoms with E-state index in [1.807, 2.05) is 0 Å². The molecule has 1 amide bonds. The van der Waals surface area contributed by atoms with Crippen molar-refractivity contribution < 1.29 is 19.4 Å². The molecule has 1 aliphatic carbocycles. The van der Waals surface area contributed by atoms with Crippen LogP contribution in [0.1, 0.15) is 19.3 Å². The number of carboxylic acid groups (broad SMARTS) is 1. The molecule has 0 aliphatic heterocycles. The average molecular weight is 213 g/mol. The monoisotopic (exact) mass is 213 g/mol. The largest absolute Gasteiger partial charge is 0.478 e. The minimum Gasteiger partial charge on any atom is -0.478 e. The highest BCUT2D eigenvalue weighted by atomic mass is 16.5. The summed E-state index contributed by atoms with van der Waals surface area (Å²) in [5.41, 5.74) is 0. The molecule has 0 aromatic carbocycles. The fraction of sp³-hybridized carbons (Fsp3) is 0.600. The summed E-state index contributed by atoms with van der Waals surface area (Å²) in [7, 11) is 1.65. The molecule has 0 aromatic heterocycles. The van der Waals surface area contributed by atoms with Gasteiger partial charge in [-0.2, -0.15) is 0 Å². The Labute approximate surface area is 88.1 Å². The third-order valence-electron chi connectivity index (χ3n) is 2.44. The van der Waals surface area contributed by atoms with Crippen molar-refractivity contribution in [1.82, 2.24) is 5.32 Å². The van der Waals surface area contributed by atoms with Crippen LogP contribution in [0.25, 0.3) is 0 Å². The molecule has 15 heavy (non-hydrogen) atoms. The Balaban J connectivity index is 2.30. The van der Waals surface area contributed by atoms with Crippen LogP contribution in [0.4, 0.5) is 0 Å². The second kappa shape index (κ2) is 5.50. The van der Waals surface area contributed by atoms with E-state index >= 15 is 0 Å². The zero-order valence-corrected chi connectivity index (χ0v) is 8.60. The minimum atomic E-state index is -1.12. The fourth-order valence-corrected chi connectivity index (χ4v) is 1.68. The molecule has 5 heteroatoms. The average Bonchev–Trinajstić information content (AvgIpc) is 2.62. The van der Waals surface area contributed by atoms with Crippen molar-refractivity contribution in [3.63, 3.8) is 0 Å². The van der Waals surface area contributed by atoms with Gasteiger partial charge >= 0.3 is 5.97 Å². The van der Waals surface area contributed by atoms with E-state index < -0.39 is 5.97 Å². The van der Waals surface area contributed by atoms with Gasteiger partial charge in [-0.05, 0) is 19.3 Å². The molecule has 1 saturated carbocycles. The van der Waals surface area contributed by atoms with Crippen LogP contribution < -0.4 is 5.32 Å². The van der Waals surface area contributed by atoms with Gasteiger partial charge in [0.25, 0.3) is 0 Å². The van der Waals surface area contributed by atoms with Gasteiger partial charge in [0.05, 0.1) is 6.10 Å². The van der Waals surface area contributed by atoms with Gasteiger partial charge in [0.15, 0.2) is 0 Å². The summed E-state index contributed by atoms with van der Waals surface area (Å²) in [6.07, 6.45) is 4.68. The Kier molecular flexibility index (Phi) is 4.30. The number of aliphatic carboxylic acids is 1. The van der Waals surface area contributed by atoms with Gasteiger partial charge in [0.1, 0.15) is 0 Å². The number of ether oxygens (including phenoxy) is 1. The van der Waals surface area contributed by atoms with Gasteiger partial charge in [-0.25, -0.2) is 4.79 Å². The van der Waals surface area contributed by atoms with Crippen LogP contribution in [0.3, 0.4) is 0 Å². The molecule has 0 aromatic rings. The lowest BCUT2D eigenvalue weighted by Crippen LogP contribution is -2.32. The quantitative estimate of drug-likeness (QED) is 0.659. The van der Waals surface area contributed by atoms with Gasteiger partial charge in [-0.15, -0.1) is 0 Å². The second-order valence-corrected chi connectivity index (χ2v) is 3.55. The first kappa shape index (κ1) is 11.7. The van der Waals surface area contributed by atoms with Crippen LogP contribution in [0.15, 0.2) is 12.2 Å². The molecular weight excluding hydrogens is 198 g/mol. The summed E-state index contributed by atoms with van der Waals surface area (Å²) in [5, 5.41) is 11.0. The van der Waals surface area contributed by atoms with Crippen LogP contribution in [-0.4, -0.2) is 36.2 Å². The molecule has 1 fully saturated rings. The topological polar surface area (TPSA) is 75.6 Å². The Morgan fingerprint density at radius 2 is 2.13 bits per heavy atom. The highest BCUT2D eigenvalue weighted by Crippen LogP contribution is 2.21. The first-order valence-corrected chi connectivity index (χ1v) is 4.86. The van der Waals surface area contributed by atoms with Crippen LogP contribution in [0, 0.1) is 0 Å². The third-order valence-corrected chi connectivity index (χ3v) is 2.44. The zero-order valence-electron chi connectivity index (χ0n) is 8.60. The Morgan fingerprint density at radius 3 is 2.67 bits per heavy atom. The lowest BCUT2D eigenvalue weighted by molar-refractivity contribution is -0.131. The Bertz CT molecular complexity index is 275. The van der Waals surface area contributed by atoms with E-state index in [-0.39, 0.29) is 18.1 Å². The minimum absolute atomic E-state index is 0.0981. The van der Waals surface area contributed by atoms with Gasteiger partial charge < -0.3 is 15.2 Å². The molecule has 0 saturated heterocycles. The number of carbonyl (C=O) groups is 2. The lowest BCUT2D eigenvalue weighted by atomic mass is 10.2. The van der Waals surface area contributed by atoms with E-state index in [0.717, 1.165) is 31.4 Å². The molecule has 84 valence electrons. The van der Waals surface area contributed by atoms with Crippen LogP contribution in [0.5, 0.6) is 0 Å². The van der Waals surface area contributed by atoms with Gasteiger partial charge in [0.2, 0.25) is 5.91 Å². The van der Waals surface area contributed by atoms with Crippen LogP contribution in [-0.2, 0) is 14.3 Å². The predicted molar refractivity (Wildman–Crippen MR) is 53.4 cm³/mol. The van der Waals surface area contributed by atoms with Gasteiger partial charge in [-0.3, -0.25) is 4.79 Å². The van der Waals surface area contributed by atoms with Crippen molar-refractivity contribution >= 4 is 11.9 Å². The van der Waals surface area contributed by atoms with Crippen LogP contribution >= 0.6 is 0 Å². The summed E-state index contributed by atoms with van der Waals surface area (Å²) < 4.78 is 5.16. The first-order valence-electron chi connectivity index (χ1n) is 4.86. The fourth-order valence-electron chi connectivity index (χ4n) is 1.68. The second-order valence-electron chi connectivity index (χ2n) is 3.55. The van der Waals surface area contributed by atoms with E-state index in [1.54, 1.807) is 7.11 Å². The zero-order chi connectivity index (χ0) is 11.3. The molecule has 2 unspecified atom stereocenters. The summed E-state index contributed by atoms with van der Waals surface area (Å²) in [6, 6.07) is 0.0981. The predicted octanol–water partition coefficient (Wildman–Crippen LogP) is 0.311. The molecule has 2 atom stereocenters. The maximum atomic E-state index is 11.2. The summed E-state index contributed by atoms with van der Waals surface area (Å²) in [4.78, 5) is 21.3. The number of carboxylic acids is 1. The first-order chi connectivity index (χ1) is 7.11. The Morgan fingerprint density at radius 1 is 1.40 bits per heavy atom. The van der Waals surface area contributed by atoms with E-state index in [2.05, 4.69) is 5.32 Å². The standard InChI is InChI=1S/C10H15NO4/c1-15-8-3-2-7(6-8)11-9(12)4-5-10(13)14/h4-5,7-8H,2-3,6H2,1H3,(H,11,12)(H,13,14)/b5-4+. The van der Waals surface area contributed by atoms with Gasteiger partial charge in [-0.1, -0.05) is 0 Å². The van der Waals surface area contributed by atoms with E-state index in [0.29, 0.717) is 0 Å². The Hall–Kier alpha value is -1.36.